The molecule has 0 aromatic heterocycles. The van der Waals surface area contributed by atoms with Crippen molar-refractivity contribution in [2.75, 3.05) is 13.2 Å². The van der Waals surface area contributed by atoms with Crippen molar-refractivity contribution in [2.45, 2.75) is 442 Å². The summed E-state index contributed by atoms with van der Waals surface area (Å²) in [4.78, 5) is 26.7. The maximum Gasteiger partial charge on any atom is 0.306 e. The summed E-state index contributed by atoms with van der Waals surface area (Å²) < 4.78 is 17.7. The van der Waals surface area contributed by atoms with Crippen molar-refractivity contribution in [3.05, 3.63) is 24.3 Å². The van der Waals surface area contributed by atoms with Crippen molar-refractivity contribution in [2.24, 2.45) is 0 Å². The molecule has 0 aromatic carbocycles. The number of carbonyl (C=O) groups is 2. The van der Waals surface area contributed by atoms with Gasteiger partial charge in [0, 0.05) is 6.42 Å². The lowest BCUT2D eigenvalue weighted by Gasteiger charge is -2.41. The van der Waals surface area contributed by atoms with Gasteiger partial charge >= 0.3 is 5.97 Å². The number of aliphatic hydroxyl groups excluding tert-OH is 5. The Morgan fingerprint density at radius 2 is 0.750 bits per heavy atom. The zero-order chi connectivity index (χ0) is 63.9. The van der Waals surface area contributed by atoms with Gasteiger partial charge in [-0.2, -0.15) is 0 Å². The third-order valence-electron chi connectivity index (χ3n) is 18.6. The molecular formula is C77H147NO10. The Kier molecular flexibility index (Phi) is 62.4. The Morgan fingerprint density at radius 1 is 0.432 bits per heavy atom. The van der Waals surface area contributed by atoms with Gasteiger partial charge in [0.05, 0.1) is 25.4 Å². The normalized spacial score (nSPS) is 18.2. The topological polar surface area (TPSA) is 175 Å². The van der Waals surface area contributed by atoms with Gasteiger partial charge in [-0.05, 0) is 51.4 Å². The molecule has 6 N–H and O–H groups in total. The number of aliphatic hydroxyl groups is 5. The van der Waals surface area contributed by atoms with E-state index in [1.165, 1.54) is 289 Å². The predicted molar refractivity (Wildman–Crippen MR) is 371 cm³/mol. The summed E-state index contributed by atoms with van der Waals surface area (Å²) in [7, 11) is 0. The first kappa shape index (κ1) is 84.2. The monoisotopic (exact) mass is 1250 g/mol. The molecule has 8 atom stereocenters. The van der Waals surface area contributed by atoms with Crippen LogP contribution in [0.2, 0.25) is 0 Å². The molecule has 1 rings (SSSR count). The summed E-state index contributed by atoms with van der Waals surface area (Å²) in [5, 5.41) is 57.4. The Balaban J connectivity index is 2.50. The summed E-state index contributed by atoms with van der Waals surface area (Å²) >= 11 is 0. The van der Waals surface area contributed by atoms with Gasteiger partial charge < -0.3 is 45.1 Å². The summed E-state index contributed by atoms with van der Waals surface area (Å²) in [5.74, 6) is -1.17. The number of rotatable bonds is 68. The van der Waals surface area contributed by atoms with E-state index in [0.29, 0.717) is 19.3 Å². The molecular weight excluding hydrogens is 1100 g/mol. The van der Waals surface area contributed by atoms with Crippen LogP contribution < -0.4 is 5.32 Å². The lowest BCUT2D eigenvalue weighted by atomic mass is 9.99. The molecule has 0 aromatic rings. The Bertz CT molecular complexity index is 1530. The molecule has 0 spiro atoms. The average molecular weight is 1250 g/mol. The number of nitrogens with one attached hydrogen (secondary N) is 1. The van der Waals surface area contributed by atoms with Crippen LogP contribution in [-0.2, 0) is 23.8 Å². The van der Waals surface area contributed by atoms with Crippen LogP contribution in [0.5, 0.6) is 0 Å². The lowest BCUT2D eigenvalue weighted by Crippen LogP contribution is -2.61. The molecule has 1 saturated heterocycles. The number of ether oxygens (including phenoxy) is 3. The fourth-order valence-corrected chi connectivity index (χ4v) is 12.5. The highest BCUT2D eigenvalue weighted by atomic mass is 16.7. The highest BCUT2D eigenvalue weighted by Crippen LogP contribution is 2.27. The number of esters is 1. The predicted octanol–water partition coefficient (Wildman–Crippen LogP) is 20.4. The summed E-state index contributed by atoms with van der Waals surface area (Å²) in [6, 6.07) is -1.02. The standard InChI is InChI=1S/C77H147NO10/c1-4-7-10-13-16-19-22-25-27-29-31-33-34-35-36-37-39-40-42-44-46-49-52-55-58-61-64-70(81)76(85)78-68(69(80)63-60-57-54-51-48-24-21-18-15-12-9-6-3)67-86-77-75(74(84)73(83)71(66-79)87-77)88-72(82)65-62-59-56-53-50-47-45-43-41-38-32-30-28-26-23-20-17-14-11-8-5-2/h25,27,60,63,68-71,73-75,77,79-81,83-84H,4-24,26,28-59,61-62,64-67H2,1-3H3,(H,78,85)/b27-25+,63-60+. The molecule has 11 nitrogen and oxygen atoms in total. The number of unbranched alkanes of at least 4 members (excludes halogenated alkanes) is 52. The molecule has 0 radical (unpaired) electrons. The van der Waals surface area contributed by atoms with Crippen LogP contribution >= 0.6 is 0 Å². The molecule has 0 saturated carbocycles. The van der Waals surface area contributed by atoms with Gasteiger partial charge in [-0.15, -0.1) is 0 Å². The zero-order valence-corrected chi connectivity index (χ0v) is 58.1. The number of carbonyl (C=O) groups excluding carboxylic acids is 2. The summed E-state index contributed by atoms with van der Waals surface area (Å²) in [6.07, 6.45) is 69.5. The van der Waals surface area contributed by atoms with Crippen LogP contribution in [0, 0.1) is 0 Å². The fraction of sp³-hybridized carbons (Fsp3) is 0.922. The molecule has 11 heteroatoms. The van der Waals surface area contributed by atoms with Crippen LogP contribution in [0.4, 0.5) is 0 Å². The van der Waals surface area contributed by atoms with Crippen LogP contribution in [0.25, 0.3) is 0 Å². The molecule has 1 aliphatic heterocycles. The smallest absolute Gasteiger partial charge is 0.306 e. The van der Waals surface area contributed by atoms with Gasteiger partial charge in [-0.3, -0.25) is 9.59 Å². The number of hydrogen-bond acceptors (Lipinski definition) is 10. The third-order valence-corrected chi connectivity index (χ3v) is 18.6. The second-order valence-corrected chi connectivity index (χ2v) is 27.1. The van der Waals surface area contributed by atoms with E-state index in [0.717, 1.165) is 57.8 Å². The lowest BCUT2D eigenvalue weighted by molar-refractivity contribution is -0.305. The summed E-state index contributed by atoms with van der Waals surface area (Å²) in [6.45, 7) is 5.86. The number of allylic oxidation sites excluding steroid dienone is 3. The third kappa shape index (κ3) is 51.6. The van der Waals surface area contributed by atoms with E-state index < -0.39 is 67.4 Å². The molecule has 1 amide bonds. The van der Waals surface area contributed by atoms with Crippen LogP contribution in [-0.4, -0.2) is 99.6 Å². The molecule has 0 aliphatic carbocycles. The van der Waals surface area contributed by atoms with Gasteiger partial charge in [0.1, 0.15) is 24.4 Å². The minimum Gasteiger partial charge on any atom is -0.454 e. The quantitative estimate of drug-likeness (QED) is 0.0195. The van der Waals surface area contributed by atoms with Gasteiger partial charge in [0.2, 0.25) is 5.91 Å². The number of amides is 1. The van der Waals surface area contributed by atoms with Gasteiger partial charge in [0.15, 0.2) is 12.4 Å². The molecule has 1 heterocycles. The molecule has 88 heavy (non-hydrogen) atoms. The SMILES string of the molecule is CCCCCCCC/C=C/CCCCCCCCCCCCCCCCCCC(O)C(=O)NC(COC1OC(CO)C(O)C(O)C1OC(=O)CCCCCCCCCCCCCCCCCCCCCCC)C(O)/C=C/CCCCCCCCCCCC. The van der Waals surface area contributed by atoms with Crippen LogP contribution in [0.1, 0.15) is 393 Å². The molecule has 1 aliphatic rings. The van der Waals surface area contributed by atoms with E-state index >= 15 is 0 Å². The van der Waals surface area contributed by atoms with Gasteiger partial charge in [-0.1, -0.05) is 360 Å². The Labute approximate surface area is 543 Å². The molecule has 520 valence electrons. The fourth-order valence-electron chi connectivity index (χ4n) is 12.5. The minimum atomic E-state index is -1.61. The van der Waals surface area contributed by atoms with Crippen LogP contribution in [0.15, 0.2) is 24.3 Å². The second kappa shape index (κ2) is 65.2. The van der Waals surface area contributed by atoms with Gasteiger partial charge in [-0.25, -0.2) is 0 Å². The highest BCUT2D eigenvalue weighted by Gasteiger charge is 2.47. The van der Waals surface area contributed by atoms with Crippen molar-refractivity contribution >= 4 is 11.9 Å². The van der Waals surface area contributed by atoms with E-state index in [1.54, 1.807) is 6.08 Å². The Morgan fingerprint density at radius 3 is 1.10 bits per heavy atom. The second-order valence-electron chi connectivity index (χ2n) is 27.1. The maximum absolute atomic E-state index is 13.5. The minimum absolute atomic E-state index is 0.131. The van der Waals surface area contributed by atoms with E-state index in [2.05, 4.69) is 38.2 Å². The highest BCUT2D eigenvalue weighted by molar-refractivity contribution is 5.80. The van der Waals surface area contributed by atoms with Gasteiger partial charge in [0.25, 0.3) is 0 Å². The molecule has 0 bridgehead atoms. The van der Waals surface area contributed by atoms with E-state index in [-0.39, 0.29) is 13.0 Å². The summed E-state index contributed by atoms with van der Waals surface area (Å²) in [5.41, 5.74) is 0. The molecule has 8 unspecified atom stereocenters. The first-order chi connectivity index (χ1) is 43.2. The van der Waals surface area contributed by atoms with Crippen molar-refractivity contribution < 1.29 is 49.3 Å². The molecule has 1 fully saturated rings. The first-order valence-corrected chi connectivity index (χ1v) is 38.6. The van der Waals surface area contributed by atoms with Crippen molar-refractivity contribution in [3.63, 3.8) is 0 Å². The van der Waals surface area contributed by atoms with Crippen molar-refractivity contribution in [3.8, 4) is 0 Å². The van der Waals surface area contributed by atoms with Crippen molar-refractivity contribution in [1.29, 1.82) is 0 Å². The van der Waals surface area contributed by atoms with E-state index in [9.17, 15) is 35.1 Å². The number of hydrogen-bond donors (Lipinski definition) is 6. The Hall–Kier alpha value is -1.86. The average Bonchev–Trinajstić information content (AvgIpc) is 1.25. The first-order valence-electron chi connectivity index (χ1n) is 38.6. The zero-order valence-electron chi connectivity index (χ0n) is 58.1. The van der Waals surface area contributed by atoms with Crippen molar-refractivity contribution in [1.82, 2.24) is 5.32 Å². The van der Waals surface area contributed by atoms with E-state index in [1.807, 2.05) is 6.08 Å². The van der Waals surface area contributed by atoms with E-state index in [4.69, 9.17) is 14.2 Å². The largest absolute Gasteiger partial charge is 0.454 e. The van der Waals surface area contributed by atoms with Crippen LogP contribution in [0.3, 0.4) is 0 Å². The maximum atomic E-state index is 13.5.